The standard InChI is InChI=1S/C13H15N3O2/c1-8-10-3-2-4-11(13(17)18)12(10)15-16(8)9-5-6-14-7-9/h2-4,9,14H,5-7H2,1H3,(H,17,18). The Morgan fingerprint density at radius 2 is 2.39 bits per heavy atom. The summed E-state index contributed by atoms with van der Waals surface area (Å²) in [4.78, 5) is 11.2. The van der Waals surface area contributed by atoms with E-state index in [2.05, 4.69) is 10.4 Å². The number of fused-ring (bicyclic) bond motifs is 1. The molecule has 0 radical (unpaired) electrons. The second-order valence-corrected chi connectivity index (χ2v) is 4.68. The van der Waals surface area contributed by atoms with Crippen LogP contribution in [-0.2, 0) is 0 Å². The highest BCUT2D eigenvalue weighted by molar-refractivity contribution is 6.02. The Balaban J connectivity index is 2.20. The topological polar surface area (TPSA) is 67.1 Å². The summed E-state index contributed by atoms with van der Waals surface area (Å²) in [7, 11) is 0. The zero-order chi connectivity index (χ0) is 12.7. The lowest BCUT2D eigenvalue weighted by Crippen LogP contribution is -2.15. The molecule has 0 bridgehead atoms. The summed E-state index contributed by atoms with van der Waals surface area (Å²) < 4.78 is 1.97. The van der Waals surface area contributed by atoms with Gasteiger partial charge in [0, 0.05) is 17.6 Å². The molecule has 1 aromatic heterocycles. The largest absolute Gasteiger partial charge is 0.478 e. The molecule has 2 heterocycles. The van der Waals surface area contributed by atoms with E-state index in [0.717, 1.165) is 30.6 Å². The van der Waals surface area contributed by atoms with E-state index < -0.39 is 5.97 Å². The smallest absolute Gasteiger partial charge is 0.337 e. The summed E-state index contributed by atoms with van der Waals surface area (Å²) >= 11 is 0. The molecule has 2 N–H and O–H groups in total. The zero-order valence-corrected chi connectivity index (χ0v) is 10.2. The van der Waals surface area contributed by atoms with Crippen molar-refractivity contribution in [1.82, 2.24) is 15.1 Å². The number of hydrogen-bond donors (Lipinski definition) is 2. The molecule has 94 valence electrons. The fourth-order valence-electron chi connectivity index (χ4n) is 2.63. The number of carboxylic acid groups (broad SMARTS) is 1. The van der Waals surface area contributed by atoms with Crippen LogP contribution in [0.3, 0.4) is 0 Å². The maximum atomic E-state index is 11.2. The Morgan fingerprint density at radius 3 is 3.06 bits per heavy atom. The van der Waals surface area contributed by atoms with E-state index in [1.54, 1.807) is 12.1 Å². The molecule has 5 nitrogen and oxygen atoms in total. The second-order valence-electron chi connectivity index (χ2n) is 4.68. The lowest BCUT2D eigenvalue weighted by Gasteiger charge is -2.10. The molecule has 0 amide bonds. The molecule has 1 aliphatic rings. The first kappa shape index (κ1) is 11.2. The maximum absolute atomic E-state index is 11.2. The molecule has 5 heteroatoms. The molecule has 1 unspecified atom stereocenters. The van der Waals surface area contributed by atoms with E-state index in [1.807, 2.05) is 17.7 Å². The van der Waals surface area contributed by atoms with Crippen molar-refractivity contribution in [2.75, 3.05) is 13.1 Å². The van der Waals surface area contributed by atoms with Crippen molar-refractivity contribution in [1.29, 1.82) is 0 Å². The fourth-order valence-corrected chi connectivity index (χ4v) is 2.63. The van der Waals surface area contributed by atoms with Gasteiger partial charge in [0.05, 0.1) is 11.6 Å². The summed E-state index contributed by atoms with van der Waals surface area (Å²) in [5.74, 6) is -0.921. The lowest BCUT2D eigenvalue weighted by atomic mass is 10.1. The number of nitrogens with one attached hydrogen (secondary N) is 1. The maximum Gasteiger partial charge on any atom is 0.337 e. The lowest BCUT2D eigenvalue weighted by molar-refractivity contribution is 0.0699. The number of rotatable bonds is 2. The van der Waals surface area contributed by atoms with Gasteiger partial charge in [-0.25, -0.2) is 4.79 Å². The normalized spacial score (nSPS) is 19.5. The van der Waals surface area contributed by atoms with Crippen LogP contribution in [0, 0.1) is 6.92 Å². The molecule has 18 heavy (non-hydrogen) atoms. The Kier molecular flexibility index (Phi) is 2.56. The zero-order valence-electron chi connectivity index (χ0n) is 10.2. The molecule has 0 aliphatic carbocycles. The van der Waals surface area contributed by atoms with E-state index in [-0.39, 0.29) is 5.56 Å². The minimum absolute atomic E-state index is 0.278. The van der Waals surface area contributed by atoms with Gasteiger partial charge >= 0.3 is 5.97 Å². The van der Waals surface area contributed by atoms with Crippen LogP contribution in [0.1, 0.15) is 28.5 Å². The van der Waals surface area contributed by atoms with Gasteiger partial charge in [0.25, 0.3) is 0 Å². The highest BCUT2D eigenvalue weighted by Crippen LogP contribution is 2.26. The highest BCUT2D eigenvalue weighted by atomic mass is 16.4. The van der Waals surface area contributed by atoms with Gasteiger partial charge in [-0.3, -0.25) is 4.68 Å². The van der Waals surface area contributed by atoms with Gasteiger partial charge in [-0.1, -0.05) is 12.1 Å². The minimum atomic E-state index is -0.921. The van der Waals surface area contributed by atoms with Gasteiger partial charge in [-0.15, -0.1) is 0 Å². The molecular formula is C13H15N3O2. The number of carbonyl (C=O) groups is 1. The fraction of sp³-hybridized carbons (Fsp3) is 0.385. The molecule has 1 aliphatic heterocycles. The first-order valence-electron chi connectivity index (χ1n) is 6.10. The number of carboxylic acids is 1. The van der Waals surface area contributed by atoms with Crippen LogP contribution >= 0.6 is 0 Å². The molecular weight excluding hydrogens is 230 g/mol. The summed E-state index contributed by atoms with van der Waals surface area (Å²) in [6.45, 7) is 3.89. The molecule has 3 rings (SSSR count). The number of hydrogen-bond acceptors (Lipinski definition) is 3. The molecule has 1 atom stereocenters. The first-order chi connectivity index (χ1) is 8.68. The summed E-state index contributed by atoms with van der Waals surface area (Å²) in [5, 5.41) is 17.9. The Hall–Kier alpha value is -1.88. The predicted molar refractivity (Wildman–Crippen MR) is 68.0 cm³/mol. The number of aromatic carboxylic acids is 1. The van der Waals surface area contributed by atoms with Crippen LogP contribution in [0.2, 0.25) is 0 Å². The predicted octanol–water partition coefficient (Wildman–Crippen LogP) is 1.58. The third-order valence-electron chi connectivity index (χ3n) is 3.59. The molecule has 1 fully saturated rings. The number of benzene rings is 1. The SMILES string of the molecule is Cc1c2cccc(C(=O)O)c2nn1C1CCNC1. The highest BCUT2D eigenvalue weighted by Gasteiger charge is 2.22. The molecule has 2 aromatic rings. The van der Waals surface area contributed by atoms with Gasteiger partial charge in [0.15, 0.2) is 0 Å². The van der Waals surface area contributed by atoms with E-state index in [4.69, 9.17) is 0 Å². The Morgan fingerprint density at radius 1 is 1.56 bits per heavy atom. The van der Waals surface area contributed by atoms with E-state index in [0.29, 0.717) is 11.6 Å². The van der Waals surface area contributed by atoms with Crippen LogP contribution in [-0.4, -0.2) is 33.9 Å². The van der Waals surface area contributed by atoms with Crippen LogP contribution in [0.4, 0.5) is 0 Å². The Bertz CT molecular complexity index is 612. The summed E-state index contributed by atoms with van der Waals surface area (Å²) in [6.07, 6.45) is 1.04. The van der Waals surface area contributed by atoms with Crippen molar-refractivity contribution in [2.45, 2.75) is 19.4 Å². The Labute approximate surface area is 104 Å². The van der Waals surface area contributed by atoms with Crippen LogP contribution in [0.15, 0.2) is 18.2 Å². The van der Waals surface area contributed by atoms with Crippen molar-refractivity contribution < 1.29 is 9.90 Å². The molecule has 0 saturated carbocycles. The van der Waals surface area contributed by atoms with Gasteiger partial charge < -0.3 is 10.4 Å². The van der Waals surface area contributed by atoms with Crippen molar-refractivity contribution in [3.05, 3.63) is 29.5 Å². The summed E-state index contributed by atoms with van der Waals surface area (Å²) in [6, 6.07) is 5.65. The van der Waals surface area contributed by atoms with Crippen LogP contribution in [0.25, 0.3) is 10.9 Å². The third kappa shape index (κ3) is 1.59. The van der Waals surface area contributed by atoms with Gasteiger partial charge in [-0.05, 0) is 26.0 Å². The van der Waals surface area contributed by atoms with E-state index >= 15 is 0 Å². The van der Waals surface area contributed by atoms with Crippen molar-refractivity contribution >= 4 is 16.9 Å². The first-order valence-corrected chi connectivity index (χ1v) is 6.10. The van der Waals surface area contributed by atoms with Crippen molar-refractivity contribution in [3.8, 4) is 0 Å². The van der Waals surface area contributed by atoms with Crippen molar-refractivity contribution in [2.24, 2.45) is 0 Å². The third-order valence-corrected chi connectivity index (χ3v) is 3.59. The average molecular weight is 245 g/mol. The minimum Gasteiger partial charge on any atom is -0.478 e. The van der Waals surface area contributed by atoms with Gasteiger partial charge in [0.2, 0.25) is 0 Å². The monoisotopic (exact) mass is 245 g/mol. The van der Waals surface area contributed by atoms with Crippen molar-refractivity contribution in [3.63, 3.8) is 0 Å². The quantitative estimate of drug-likeness (QED) is 0.843. The number of aryl methyl sites for hydroxylation is 1. The van der Waals surface area contributed by atoms with Crippen LogP contribution in [0.5, 0.6) is 0 Å². The number of aromatic nitrogens is 2. The molecule has 1 saturated heterocycles. The van der Waals surface area contributed by atoms with Gasteiger partial charge in [-0.2, -0.15) is 5.10 Å². The van der Waals surface area contributed by atoms with Gasteiger partial charge in [0.1, 0.15) is 5.52 Å². The second kappa shape index (κ2) is 4.10. The molecule has 0 spiro atoms. The van der Waals surface area contributed by atoms with E-state index in [9.17, 15) is 9.90 Å². The number of nitrogens with zero attached hydrogens (tertiary/aromatic N) is 2. The average Bonchev–Trinajstić information content (AvgIpc) is 2.97. The van der Waals surface area contributed by atoms with E-state index in [1.165, 1.54) is 0 Å². The van der Waals surface area contributed by atoms with Crippen LogP contribution < -0.4 is 5.32 Å². The summed E-state index contributed by atoms with van der Waals surface area (Å²) in [5.41, 5.74) is 1.91. The molecule has 1 aromatic carbocycles.